The predicted octanol–water partition coefficient (Wildman–Crippen LogP) is 2.79. The molecule has 1 aliphatic heterocycles. The van der Waals surface area contributed by atoms with Crippen LogP contribution in [0.4, 0.5) is 4.39 Å². The third-order valence-electron chi connectivity index (χ3n) is 3.28. The number of hydrogen-bond donors (Lipinski definition) is 1. The van der Waals surface area contributed by atoms with E-state index in [1.54, 1.807) is 4.90 Å². The SMILES string of the molecule is CC1CN(C(=O)c2ccc(F)c(Cl)c2)CC/C1=N\O. The lowest BCUT2D eigenvalue weighted by Crippen LogP contribution is -2.43. The summed E-state index contributed by atoms with van der Waals surface area (Å²) in [6.07, 6.45) is 0.540. The molecule has 1 fully saturated rings. The number of carbonyl (C=O) groups is 1. The second kappa shape index (κ2) is 5.57. The highest BCUT2D eigenvalue weighted by atomic mass is 35.5. The van der Waals surface area contributed by atoms with Crippen molar-refractivity contribution in [3.8, 4) is 0 Å². The van der Waals surface area contributed by atoms with Crippen LogP contribution >= 0.6 is 11.6 Å². The van der Waals surface area contributed by atoms with E-state index in [9.17, 15) is 9.18 Å². The number of rotatable bonds is 1. The van der Waals surface area contributed by atoms with Crippen LogP contribution in [0.3, 0.4) is 0 Å². The third-order valence-corrected chi connectivity index (χ3v) is 3.57. The van der Waals surface area contributed by atoms with Crippen molar-refractivity contribution in [1.82, 2.24) is 4.90 Å². The molecule has 1 aliphatic rings. The first-order chi connectivity index (χ1) is 9.02. The Bertz CT molecular complexity index is 533. The Kier molecular flexibility index (Phi) is 4.04. The Balaban J connectivity index is 2.14. The van der Waals surface area contributed by atoms with E-state index in [-0.39, 0.29) is 16.8 Å². The fraction of sp³-hybridized carbons (Fsp3) is 0.385. The highest BCUT2D eigenvalue weighted by Crippen LogP contribution is 2.20. The smallest absolute Gasteiger partial charge is 0.253 e. The zero-order valence-electron chi connectivity index (χ0n) is 10.4. The number of amides is 1. The Hall–Kier alpha value is -1.62. The van der Waals surface area contributed by atoms with Gasteiger partial charge in [-0.15, -0.1) is 0 Å². The van der Waals surface area contributed by atoms with Gasteiger partial charge >= 0.3 is 0 Å². The monoisotopic (exact) mass is 284 g/mol. The molecule has 0 spiro atoms. The average molecular weight is 285 g/mol. The minimum atomic E-state index is -0.542. The lowest BCUT2D eigenvalue weighted by Gasteiger charge is -2.31. The van der Waals surface area contributed by atoms with Crippen LogP contribution in [0.25, 0.3) is 0 Å². The van der Waals surface area contributed by atoms with E-state index >= 15 is 0 Å². The summed E-state index contributed by atoms with van der Waals surface area (Å²) in [5.41, 5.74) is 1.06. The summed E-state index contributed by atoms with van der Waals surface area (Å²) in [6, 6.07) is 3.94. The van der Waals surface area contributed by atoms with Gasteiger partial charge in [0.05, 0.1) is 10.7 Å². The molecule has 0 saturated carbocycles. The molecular formula is C13H14ClFN2O2. The Labute approximate surface area is 115 Å². The molecule has 1 aromatic rings. The molecule has 0 radical (unpaired) electrons. The van der Waals surface area contributed by atoms with Crippen LogP contribution in [0, 0.1) is 11.7 Å². The average Bonchev–Trinajstić information content (AvgIpc) is 2.41. The number of benzene rings is 1. The van der Waals surface area contributed by atoms with Crippen molar-refractivity contribution in [2.75, 3.05) is 13.1 Å². The van der Waals surface area contributed by atoms with Crippen LogP contribution in [0.5, 0.6) is 0 Å². The van der Waals surface area contributed by atoms with E-state index in [2.05, 4.69) is 5.16 Å². The number of likely N-dealkylation sites (tertiary alicyclic amines) is 1. The third kappa shape index (κ3) is 2.87. The van der Waals surface area contributed by atoms with Crippen molar-refractivity contribution in [2.24, 2.45) is 11.1 Å². The molecule has 2 rings (SSSR count). The topological polar surface area (TPSA) is 52.9 Å². The molecule has 102 valence electrons. The molecule has 1 heterocycles. The van der Waals surface area contributed by atoms with Crippen molar-refractivity contribution in [3.63, 3.8) is 0 Å². The molecule has 1 amide bonds. The number of hydrogen-bond acceptors (Lipinski definition) is 3. The fourth-order valence-corrected chi connectivity index (χ4v) is 2.35. The first-order valence-electron chi connectivity index (χ1n) is 5.98. The van der Waals surface area contributed by atoms with Gasteiger partial charge < -0.3 is 10.1 Å². The molecule has 1 N–H and O–H groups in total. The minimum absolute atomic E-state index is 0.0126. The molecule has 1 unspecified atom stereocenters. The second-order valence-electron chi connectivity index (χ2n) is 4.62. The van der Waals surface area contributed by atoms with Gasteiger partial charge in [-0.2, -0.15) is 0 Å². The molecule has 1 aromatic carbocycles. The summed E-state index contributed by atoms with van der Waals surface area (Å²) in [6.45, 7) is 2.86. The van der Waals surface area contributed by atoms with Crippen molar-refractivity contribution < 1.29 is 14.4 Å². The van der Waals surface area contributed by atoms with Gasteiger partial charge in [-0.25, -0.2) is 4.39 Å². The van der Waals surface area contributed by atoms with E-state index in [1.165, 1.54) is 18.2 Å². The maximum absolute atomic E-state index is 13.1. The van der Waals surface area contributed by atoms with Crippen molar-refractivity contribution in [3.05, 3.63) is 34.6 Å². The van der Waals surface area contributed by atoms with Crippen molar-refractivity contribution in [1.29, 1.82) is 0 Å². The normalized spacial score (nSPS) is 21.7. The van der Waals surface area contributed by atoms with Gasteiger partial charge in [0.2, 0.25) is 0 Å². The molecule has 0 aliphatic carbocycles. The summed E-state index contributed by atoms with van der Waals surface area (Å²) >= 11 is 5.67. The number of piperidine rings is 1. The molecule has 0 bridgehead atoms. The molecule has 0 aromatic heterocycles. The quantitative estimate of drug-likeness (QED) is 0.637. The number of halogens is 2. The molecular weight excluding hydrogens is 271 g/mol. The molecule has 6 heteroatoms. The summed E-state index contributed by atoms with van der Waals surface area (Å²) in [4.78, 5) is 13.9. The molecule has 4 nitrogen and oxygen atoms in total. The summed E-state index contributed by atoms with van der Waals surface area (Å²) in [5.74, 6) is -0.718. The standard InChI is InChI=1S/C13H14ClFN2O2/c1-8-7-17(5-4-12(8)16-19)13(18)9-2-3-11(15)10(14)6-9/h2-3,6,8,19H,4-5,7H2,1H3/b16-12+. The van der Waals surface area contributed by atoms with E-state index in [0.717, 1.165) is 0 Å². The predicted molar refractivity (Wildman–Crippen MR) is 70.3 cm³/mol. The second-order valence-corrected chi connectivity index (χ2v) is 5.03. The zero-order valence-corrected chi connectivity index (χ0v) is 11.2. The van der Waals surface area contributed by atoms with Crippen molar-refractivity contribution >= 4 is 23.2 Å². The van der Waals surface area contributed by atoms with Crippen LogP contribution in [0.1, 0.15) is 23.7 Å². The largest absolute Gasteiger partial charge is 0.411 e. The van der Waals surface area contributed by atoms with E-state index in [4.69, 9.17) is 16.8 Å². The molecule has 1 saturated heterocycles. The minimum Gasteiger partial charge on any atom is -0.411 e. The number of carbonyl (C=O) groups excluding carboxylic acids is 1. The summed E-state index contributed by atoms with van der Waals surface area (Å²) < 4.78 is 13.1. The summed E-state index contributed by atoms with van der Waals surface area (Å²) in [7, 11) is 0. The lowest BCUT2D eigenvalue weighted by atomic mass is 9.97. The van der Waals surface area contributed by atoms with Gasteiger partial charge in [-0.3, -0.25) is 4.79 Å². The van der Waals surface area contributed by atoms with Crippen LogP contribution < -0.4 is 0 Å². The van der Waals surface area contributed by atoms with E-state index in [1.807, 2.05) is 6.92 Å². The molecule has 1 atom stereocenters. The lowest BCUT2D eigenvalue weighted by molar-refractivity contribution is 0.0734. The van der Waals surface area contributed by atoms with Gasteiger partial charge in [0, 0.05) is 31.0 Å². The van der Waals surface area contributed by atoms with Crippen LogP contribution in [0.2, 0.25) is 5.02 Å². The maximum Gasteiger partial charge on any atom is 0.253 e. The van der Waals surface area contributed by atoms with Crippen LogP contribution in [0.15, 0.2) is 23.4 Å². The van der Waals surface area contributed by atoms with Gasteiger partial charge in [0.25, 0.3) is 5.91 Å². The van der Waals surface area contributed by atoms with Gasteiger partial charge in [-0.05, 0) is 18.2 Å². The van der Waals surface area contributed by atoms with Crippen LogP contribution in [-0.2, 0) is 0 Å². The first-order valence-corrected chi connectivity index (χ1v) is 6.36. The Morgan fingerprint density at radius 3 is 2.89 bits per heavy atom. The summed E-state index contributed by atoms with van der Waals surface area (Å²) in [5, 5.41) is 12.0. The zero-order chi connectivity index (χ0) is 14.0. The Morgan fingerprint density at radius 1 is 1.58 bits per heavy atom. The van der Waals surface area contributed by atoms with E-state index < -0.39 is 5.82 Å². The molecule has 19 heavy (non-hydrogen) atoms. The number of oxime groups is 1. The Morgan fingerprint density at radius 2 is 2.32 bits per heavy atom. The maximum atomic E-state index is 13.1. The highest BCUT2D eigenvalue weighted by Gasteiger charge is 2.26. The first kappa shape index (κ1) is 13.8. The fourth-order valence-electron chi connectivity index (χ4n) is 2.17. The van der Waals surface area contributed by atoms with Gasteiger partial charge in [0.1, 0.15) is 5.82 Å². The highest BCUT2D eigenvalue weighted by molar-refractivity contribution is 6.31. The van der Waals surface area contributed by atoms with Gasteiger partial charge in [0.15, 0.2) is 0 Å². The van der Waals surface area contributed by atoms with Crippen molar-refractivity contribution in [2.45, 2.75) is 13.3 Å². The van der Waals surface area contributed by atoms with Crippen LogP contribution in [-0.4, -0.2) is 34.8 Å². The van der Waals surface area contributed by atoms with E-state index in [0.29, 0.717) is 30.8 Å². The number of nitrogens with zero attached hydrogens (tertiary/aromatic N) is 2. The van der Waals surface area contributed by atoms with Gasteiger partial charge in [-0.1, -0.05) is 23.7 Å².